The van der Waals surface area contributed by atoms with Gasteiger partial charge in [-0.3, -0.25) is 4.79 Å². The number of rotatable bonds is 4. The molecule has 1 aliphatic heterocycles. The van der Waals surface area contributed by atoms with E-state index in [4.69, 9.17) is 16.3 Å². The van der Waals surface area contributed by atoms with E-state index in [1.54, 1.807) is 29.7 Å². The quantitative estimate of drug-likeness (QED) is 0.662. The van der Waals surface area contributed by atoms with Crippen LogP contribution < -0.4 is 20.5 Å². The number of piperazine rings is 1. The van der Waals surface area contributed by atoms with Gasteiger partial charge in [0.05, 0.1) is 49.3 Å². The van der Waals surface area contributed by atoms with Crippen LogP contribution in [0.25, 0.3) is 5.69 Å². The highest BCUT2D eigenvalue weighted by Gasteiger charge is 2.27. The predicted molar refractivity (Wildman–Crippen MR) is 117 cm³/mol. The Balaban J connectivity index is 1.53. The van der Waals surface area contributed by atoms with Gasteiger partial charge in [0.1, 0.15) is 11.8 Å². The average Bonchev–Trinajstić information content (AvgIpc) is 3.23. The van der Waals surface area contributed by atoms with E-state index in [9.17, 15) is 4.79 Å². The maximum absolute atomic E-state index is 13.5. The molecule has 0 saturated carbocycles. The van der Waals surface area contributed by atoms with Crippen molar-refractivity contribution < 1.29 is 10.1 Å². The van der Waals surface area contributed by atoms with Crippen LogP contribution >= 0.6 is 22.9 Å². The van der Waals surface area contributed by atoms with Crippen molar-refractivity contribution in [3.8, 4) is 11.4 Å². The van der Waals surface area contributed by atoms with Crippen LogP contribution in [0.2, 0.25) is 5.02 Å². The Hall–Kier alpha value is -2.42. The summed E-state index contributed by atoms with van der Waals surface area (Å²) in [5.41, 5.74) is 4.21. The van der Waals surface area contributed by atoms with Gasteiger partial charge in [0.15, 0.2) is 0 Å². The monoisotopic (exact) mass is 444 g/mol. The molecular formula is C21H23ClN5O2S+. The van der Waals surface area contributed by atoms with Crippen LogP contribution in [0.1, 0.15) is 17.0 Å². The van der Waals surface area contributed by atoms with E-state index in [0.29, 0.717) is 16.5 Å². The standard InChI is InChI=1S/C21H22ClN5O2S/c22-14-2-1-3-15(10-14)27-21(28)20(18(12-25-27)26-8-6-23-7-9-26)29-16-4-5-17-19(11-16)30-13-24-17/h1-3,10,12-13,16,23H,4-9,11H2/p+1. The van der Waals surface area contributed by atoms with Crippen LogP contribution in [0, 0.1) is 0 Å². The molecule has 0 bridgehead atoms. The van der Waals surface area contributed by atoms with Crippen molar-refractivity contribution in [3.05, 3.63) is 61.9 Å². The molecule has 0 amide bonds. The molecule has 30 heavy (non-hydrogen) atoms. The molecule has 0 spiro atoms. The Morgan fingerprint density at radius 1 is 1.27 bits per heavy atom. The second-order valence-electron chi connectivity index (χ2n) is 7.61. The molecule has 7 nitrogen and oxygen atoms in total. The molecule has 2 aromatic heterocycles. The molecule has 1 fully saturated rings. The lowest BCUT2D eigenvalue weighted by molar-refractivity contribution is -0.655. The van der Waals surface area contributed by atoms with Crippen molar-refractivity contribution in [2.24, 2.45) is 0 Å². The van der Waals surface area contributed by atoms with Gasteiger partial charge >= 0.3 is 5.56 Å². The summed E-state index contributed by atoms with van der Waals surface area (Å²) in [5.74, 6) is 0.379. The van der Waals surface area contributed by atoms with Gasteiger partial charge < -0.3 is 15.0 Å². The zero-order chi connectivity index (χ0) is 20.5. The second kappa shape index (κ2) is 8.37. The average molecular weight is 445 g/mol. The number of hydrogen-bond acceptors (Lipinski definition) is 6. The first-order valence-electron chi connectivity index (χ1n) is 10.2. The van der Waals surface area contributed by atoms with Gasteiger partial charge in [-0.25, -0.2) is 4.98 Å². The fourth-order valence-corrected chi connectivity index (χ4v) is 5.15. The number of halogens is 1. The minimum absolute atomic E-state index is 0.0454. The van der Waals surface area contributed by atoms with Gasteiger partial charge in [-0.05, 0) is 31.0 Å². The third kappa shape index (κ3) is 3.82. The van der Waals surface area contributed by atoms with Crippen LogP contribution in [-0.2, 0) is 12.8 Å². The number of ether oxygens (including phenoxy) is 1. The van der Waals surface area contributed by atoms with Gasteiger partial charge in [0.2, 0.25) is 5.75 Å². The minimum atomic E-state index is -0.251. The summed E-state index contributed by atoms with van der Waals surface area (Å²) in [6.07, 6.45) is 4.22. The molecule has 5 rings (SSSR count). The Bertz CT molecular complexity index is 1110. The maximum Gasteiger partial charge on any atom is 0.316 e. The molecule has 3 aromatic rings. The zero-order valence-electron chi connectivity index (χ0n) is 16.5. The number of fused-ring (bicyclic) bond motifs is 1. The lowest BCUT2D eigenvalue weighted by Gasteiger charge is -2.30. The first-order valence-corrected chi connectivity index (χ1v) is 11.5. The fraction of sp³-hybridized carbons (Fsp3) is 0.381. The molecule has 156 valence electrons. The van der Waals surface area contributed by atoms with E-state index >= 15 is 0 Å². The fourth-order valence-electron chi connectivity index (χ4n) is 4.09. The van der Waals surface area contributed by atoms with Crippen molar-refractivity contribution in [1.82, 2.24) is 14.8 Å². The van der Waals surface area contributed by atoms with Crippen LogP contribution in [-0.4, -0.2) is 47.0 Å². The summed E-state index contributed by atoms with van der Waals surface area (Å²) < 4.78 is 7.79. The number of quaternary nitrogens is 1. The summed E-state index contributed by atoms with van der Waals surface area (Å²) >= 11 is 7.80. The first kappa shape index (κ1) is 19.5. The maximum atomic E-state index is 13.5. The molecular weight excluding hydrogens is 422 g/mol. The molecule has 1 atom stereocenters. The number of aromatic nitrogens is 3. The van der Waals surface area contributed by atoms with E-state index < -0.39 is 0 Å². The number of aryl methyl sites for hydroxylation is 1. The van der Waals surface area contributed by atoms with E-state index in [1.165, 1.54) is 9.56 Å². The molecule has 1 unspecified atom stereocenters. The van der Waals surface area contributed by atoms with Crippen molar-refractivity contribution in [2.75, 3.05) is 31.1 Å². The smallest absolute Gasteiger partial charge is 0.316 e. The number of nitrogens with zero attached hydrogens (tertiary/aromatic N) is 4. The highest BCUT2D eigenvalue weighted by molar-refractivity contribution is 7.09. The van der Waals surface area contributed by atoms with Gasteiger partial charge in [-0.1, -0.05) is 17.7 Å². The summed E-state index contributed by atoms with van der Waals surface area (Å²) in [5, 5.41) is 7.29. The SMILES string of the molecule is O=c1c(OC2CCc3ncsc3C2)c(N2CC[NH2+]CC2)cnn1-c1cccc(Cl)c1. The number of benzene rings is 1. The van der Waals surface area contributed by atoms with Gasteiger partial charge in [-0.2, -0.15) is 9.78 Å². The lowest BCUT2D eigenvalue weighted by atomic mass is 10.00. The highest BCUT2D eigenvalue weighted by atomic mass is 35.5. The second-order valence-corrected chi connectivity index (χ2v) is 8.99. The Labute approximate surface area is 183 Å². The van der Waals surface area contributed by atoms with E-state index in [-0.39, 0.29) is 11.7 Å². The summed E-state index contributed by atoms with van der Waals surface area (Å²) in [6.45, 7) is 3.71. The van der Waals surface area contributed by atoms with E-state index in [1.807, 2.05) is 17.6 Å². The van der Waals surface area contributed by atoms with Crippen molar-refractivity contribution in [2.45, 2.75) is 25.4 Å². The number of hydrogen-bond donors (Lipinski definition) is 1. The Morgan fingerprint density at radius 3 is 2.97 bits per heavy atom. The minimum Gasteiger partial charge on any atom is -0.483 e. The zero-order valence-corrected chi connectivity index (χ0v) is 18.0. The van der Waals surface area contributed by atoms with Crippen LogP contribution in [0.5, 0.6) is 5.75 Å². The first-order chi connectivity index (χ1) is 14.7. The van der Waals surface area contributed by atoms with Crippen LogP contribution in [0.15, 0.2) is 40.8 Å². The molecule has 0 radical (unpaired) electrons. The van der Waals surface area contributed by atoms with Crippen molar-refractivity contribution in [1.29, 1.82) is 0 Å². The summed E-state index contributed by atoms with van der Waals surface area (Å²) in [4.78, 5) is 21.4. The molecule has 3 heterocycles. The van der Waals surface area contributed by atoms with Crippen molar-refractivity contribution >= 4 is 28.6 Å². The van der Waals surface area contributed by atoms with Crippen molar-refractivity contribution in [3.63, 3.8) is 0 Å². The molecule has 2 aliphatic rings. The van der Waals surface area contributed by atoms with Gasteiger partial charge in [0, 0.05) is 16.3 Å². The molecule has 2 N–H and O–H groups in total. The molecule has 1 aromatic carbocycles. The van der Waals surface area contributed by atoms with Gasteiger partial charge in [-0.15, -0.1) is 11.3 Å². The molecule has 9 heteroatoms. The number of nitrogens with two attached hydrogens (primary N) is 1. The largest absolute Gasteiger partial charge is 0.483 e. The Kier molecular flexibility index (Phi) is 5.45. The normalized spacial score (nSPS) is 18.8. The third-order valence-corrected chi connectivity index (χ3v) is 6.77. The highest BCUT2D eigenvalue weighted by Crippen LogP contribution is 2.30. The lowest BCUT2D eigenvalue weighted by Crippen LogP contribution is -2.89. The van der Waals surface area contributed by atoms with Crippen LogP contribution in [0.3, 0.4) is 0 Å². The molecule has 1 aliphatic carbocycles. The predicted octanol–water partition coefficient (Wildman–Crippen LogP) is 1.66. The Morgan fingerprint density at radius 2 is 2.13 bits per heavy atom. The third-order valence-electron chi connectivity index (χ3n) is 5.64. The summed E-state index contributed by atoms with van der Waals surface area (Å²) in [7, 11) is 0. The summed E-state index contributed by atoms with van der Waals surface area (Å²) in [6, 6.07) is 7.15. The molecule has 1 saturated heterocycles. The van der Waals surface area contributed by atoms with E-state index in [2.05, 4.69) is 20.3 Å². The number of anilines is 1. The number of thiazole rings is 1. The van der Waals surface area contributed by atoms with Crippen LogP contribution in [0.4, 0.5) is 5.69 Å². The van der Waals surface area contributed by atoms with E-state index in [0.717, 1.165) is 56.8 Å². The topological polar surface area (TPSA) is 76.9 Å². The van der Waals surface area contributed by atoms with Gasteiger partial charge in [0.25, 0.3) is 0 Å².